The van der Waals surface area contributed by atoms with Crippen molar-refractivity contribution in [1.29, 1.82) is 0 Å². The molecule has 27 heavy (non-hydrogen) atoms. The summed E-state index contributed by atoms with van der Waals surface area (Å²) in [6.45, 7) is 7.24. The van der Waals surface area contributed by atoms with Crippen LogP contribution in [0.4, 0.5) is 0 Å². The van der Waals surface area contributed by atoms with E-state index in [9.17, 15) is 0 Å². The van der Waals surface area contributed by atoms with Gasteiger partial charge in [0.2, 0.25) is 11.6 Å². The maximum Gasteiger partial charge on any atom is 0.214 e. The number of ether oxygens (including phenoxy) is 3. The molecule has 0 bridgehead atoms. The maximum atomic E-state index is 5.63. The number of benzene rings is 1. The van der Waals surface area contributed by atoms with E-state index in [4.69, 9.17) is 18.6 Å². The molecular weight excluding hydrogens is 348 g/mol. The van der Waals surface area contributed by atoms with E-state index in [1.165, 1.54) is 0 Å². The third-order valence-corrected chi connectivity index (χ3v) is 3.97. The summed E-state index contributed by atoms with van der Waals surface area (Å²) >= 11 is 0. The van der Waals surface area contributed by atoms with E-state index in [2.05, 4.69) is 20.6 Å². The highest BCUT2D eigenvalue weighted by atomic mass is 16.5. The lowest BCUT2D eigenvalue weighted by Gasteiger charge is -2.16. The smallest absolute Gasteiger partial charge is 0.214 e. The summed E-state index contributed by atoms with van der Waals surface area (Å²) < 4.78 is 22.1. The Labute approximate surface area is 159 Å². The Morgan fingerprint density at radius 2 is 1.74 bits per heavy atom. The number of nitrogens with zero attached hydrogens (tertiary/aromatic N) is 2. The molecule has 1 aromatic heterocycles. The van der Waals surface area contributed by atoms with Crippen LogP contribution >= 0.6 is 0 Å². The van der Waals surface area contributed by atoms with Crippen molar-refractivity contribution in [3.8, 4) is 17.2 Å². The van der Waals surface area contributed by atoms with Crippen LogP contribution < -0.4 is 24.8 Å². The Bertz CT molecular complexity index is 742. The molecule has 0 unspecified atom stereocenters. The van der Waals surface area contributed by atoms with Crippen molar-refractivity contribution in [2.45, 2.75) is 33.9 Å². The lowest BCUT2D eigenvalue weighted by molar-refractivity contribution is 0.288. The Morgan fingerprint density at radius 3 is 2.22 bits per heavy atom. The minimum atomic E-state index is 0.449. The number of aryl methyl sites for hydroxylation is 2. The molecule has 0 radical (unpaired) electrons. The SMILES string of the molecule is CCOc1c(OC)cc(CNC(=NC)NCc2nc(C)c(C)o2)cc1OC. The highest BCUT2D eigenvalue weighted by Gasteiger charge is 2.14. The van der Waals surface area contributed by atoms with Crippen LogP contribution in [0.25, 0.3) is 0 Å². The standard InChI is InChI=1S/C19H28N4O4/c1-7-26-18-15(24-5)8-14(9-16(18)25-6)10-21-19(20-4)22-11-17-23-12(2)13(3)27-17/h8-9H,7,10-11H2,1-6H3,(H2,20,21,22). The normalized spacial score (nSPS) is 11.3. The van der Waals surface area contributed by atoms with Gasteiger partial charge >= 0.3 is 0 Å². The van der Waals surface area contributed by atoms with E-state index in [0.717, 1.165) is 17.0 Å². The highest BCUT2D eigenvalue weighted by Crippen LogP contribution is 2.38. The molecule has 0 aliphatic heterocycles. The maximum absolute atomic E-state index is 5.63. The van der Waals surface area contributed by atoms with Crippen molar-refractivity contribution in [1.82, 2.24) is 15.6 Å². The van der Waals surface area contributed by atoms with Gasteiger partial charge in [-0.1, -0.05) is 0 Å². The number of hydrogen-bond acceptors (Lipinski definition) is 6. The molecule has 148 valence electrons. The van der Waals surface area contributed by atoms with Gasteiger partial charge in [-0.25, -0.2) is 4.98 Å². The zero-order chi connectivity index (χ0) is 19.8. The number of methoxy groups -OCH3 is 2. The Kier molecular flexibility index (Phi) is 7.34. The van der Waals surface area contributed by atoms with Crippen LogP contribution in [0.2, 0.25) is 0 Å². The number of oxazole rings is 1. The second-order valence-electron chi connectivity index (χ2n) is 5.79. The minimum absolute atomic E-state index is 0.449. The van der Waals surface area contributed by atoms with Crippen molar-refractivity contribution >= 4 is 5.96 Å². The zero-order valence-corrected chi connectivity index (χ0v) is 16.8. The lowest BCUT2D eigenvalue weighted by atomic mass is 10.2. The lowest BCUT2D eigenvalue weighted by Crippen LogP contribution is -2.36. The summed E-state index contributed by atoms with van der Waals surface area (Å²) in [6, 6.07) is 3.82. The average molecular weight is 376 g/mol. The number of guanidine groups is 1. The van der Waals surface area contributed by atoms with Gasteiger partial charge in [-0.15, -0.1) is 0 Å². The number of aromatic nitrogens is 1. The van der Waals surface area contributed by atoms with E-state index >= 15 is 0 Å². The van der Waals surface area contributed by atoms with E-state index in [0.29, 0.717) is 48.8 Å². The minimum Gasteiger partial charge on any atom is -0.493 e. The summed E-state index contributed by atoms with van der Waals surface area (Å²) in [7, 11) is 4.92. The predicted molar refractivity (Wildman–Crippen MR) is 104 cm³/mol. The van der Waals surface area contributed by atoms with Crippen molar-refractivity contribution in [3.05, 3.63) is 35.0 Å². The molecule has 8 nitrogen and oxygen atoms in total. The fourth-order valence-electron chi connectivity index (χ4n) is 2.50. The van der Waals surface area contributed by atoms with Crippen molar-refractivity contribution < 1.29 is 18.6 Å². The van der Waals surface area contributed by atoms with Crippen LogP contribution in [0.15, 0.2) is 21.5 Å². The molecule has 0 amide bonds. The Morgan fingerprint density at radius 1 is 1.11 bits per heavy atom. The number of rotatable bonds is 8. The first-order valence-electron chi connectivity index (χ1n) is 8.77. The molecule has 0 aliphatic rings. The van der Waals surface area contributed by atoms with Crippen molar-refractivity contribution in [2.75, 3.05) is 27.9 Å². The van der Waals surface area contributed by atoms with Gasteiger partial charge < -0.3 is 29.3 Å². The first-order valence-corrected chi connectivity index (χ1v) is 8.77. The molecule has 0 spiro atoms. The second kappa shape index (κ2) is 9.70. The summed E-state index contributed by atoms with van der Waals surface area (Å²) in [4.78, 5) is 8.57. The van der Waals surface area contributed by atoms with Crippen LogP contribution in [0.3, 0.4) is 0 Å². The quantitative estimate of drug-likeness (QED) is 0.540. The summed E-state index contributed by atoms with van der Waals surface area (Å²) in [6.07, 6.45) is 0. The highest BCUT2D eigenvalue weighted by molar-refractivity contribution is 5.79. The predicted octanol–water partition coefficient (Wildman–Crippen LogP) is 2.57. The molecule has 0 fully saturated rings. The monoisotopic (exact) mass is 376 g/mol. The Hall–Kier alpha value is -2.90. The average Bonchev–Trinajstić information content (AvgIpc) is 3.00. The largest absolute Gasteiger partial charge is 0.493 e. The summed E-state index contributed by atoms with van der Waals surface area (Å²) in [5, 5.41) is 6.43. The van der Waals surface area contributed by atoms with Gasteiger partial charge in [0, 0.05) is 13.6 Å². The van der Waals surface area contributed by atoms with E-state index in [-0.39, 0.29) is 0 Å². The molecule has 0 atom stereocenters. The fourth-order valence-corrected chi connectivity index (χ4v) is 2.50. The molecule has 0 aliphatic carbocycles. The Balaban J connectivity index is 2.02. The van der Waals surface area contributed by atoms with Gasteiger partial charge in [-0.05, 0) is 38.5 Å². The van der Waals surface area contributed by atoms with Crippen molar-refractivity contribution in [2.24, 2.45) is 4.99 Å². The van der Waals surface area contributed by atoms with Crippen LogP contribution in [0, 0.1) is 13.8 Å². The molecule has 2 aromatic rings. The summed E-state index contributed by atoms with van der Waals surface area (Å²) in [5.74, 6) is 3.93. The summed E-state index contributed by atoms with van der Waals surface area (Å²) in [5.41, 5.74) is 1.86. The molecule has 2 rings (SSSR count). The topological polar surface area (TPSA) is 90.1 Å². The van der Waals surface area contributed by atoms with Crippen LogP contribution in [0.1, 0.15) is 29.8 Å². The van der Waals surface area contributed by atoms with E-state index < -0.39 is 0 Å². The van der Waals surface area contributed by atoms with Gasteiger partial charge in [-0.3, -0.25) is 4.99 Å². The van der Waals surface area contributed by atoms with E-state index in [1.807, 2.05) is 32.9 Å². The molecule has 8 heteroatoms. The van der Waals surface area contributed by atoms with Gasteiger partial charge in [-0.2, -0.15) is 0 Å². The first kappa shape index (κ1) is 20.4. The van der Waals surface area contributed by atoms with Gasteiger partial charge in [0.25, 0.3) is 0 Å². The number of aliphatic imine (C=N–C) groups is 1. The van der Waals surface area contributed by atoms with Crippen molar-refractivity contribution in [3.63, 3.8) is 0 Å². The van der Waals surface area contributed by atoms with E-state index in [1.54, 1.807) is 21.3 Å². The van der Waals surface area contributed by atoms with Crippen LogP contribution in [-0.2, 0) is 13.1 Å². The van der Waals surface area contributed by atoms with Crippen LogP contribution in [0.5, 0.6) is 17.2 Å². The molecule has 0 saturated heterocycles. The molecular formula is C19H28N4O4. The van der Waals surface area contributed by atoms with Gasteiger partial charge in [0.1, 0.15) is 5.76 Å². The third kappa shape index (κ3) is 5.29. The first-order chi connectivity index (χ1) is 13.0. The molecule has 1 aromatic carbocycles. The van der Waals surface area contributed by atoms with Gasteiger partial charge in [0.05, 0.1) is 33.1 Å². The number of hydrogen-bond donors (Lipinski definition) is 2. The van der Waals surface area contributed by atoms with Gasteiger partial charge in [0.15, 0.2) is 17.5 Å². The number of nitrogens with one attached hydrogen (secondary N) is 2. The molecule has 0 saturated carbocycles. The third-order valence-electron chi connectivity index (χ3n) is 3.97. The zero-order valence-electron chi connectivity index (χ0n) is 16.8. The van der Waals surface area contributed by atoms with Crippen LogP contribution in [-0.4, -0.2) is 38.8 Å². The fraction of sp³-hybridized carbons (Fsp3) is 0.474. The molecule has 1 heterocycles. The molecule has 2 N–H and O–H groups in total. The second-order valence-corrected chi connectivity index (χ2v) is 5.79.